The molecule has 8 heteroatoms. The molecule has 0 N–H and O–H groups in total. The van der Waals surface area contributed by atoms with Gasteiger partial charge in [0.15, 0.2) is 5.49 Å². The Morgan fingerprint density at radius 2 is 1.92 bits per heavy atom. The lowest BCUT2D eigenvalue weighted by molar-refractivity contribution is 0.146. The third-order valence-corrected chi connectivity index (χ3v) is 4.47. The van der Waals surface area contributed by atoms with Crippen molar-refractivity contribution in [3.05, 3.63) is 63.9 Å². The first-order chi connectivity index (χ1) is 12.3. The van der Waals surface area contributed by atoms with E-state index in [2.05, 4.69) is 15.0 Å². The monoisotopic (exact) mass is 380 g/mol. The van der Waals surface area contributed by atoms with E-state index in [0.29, 0.717) is 16.7 Å². The van der Waals surface area contributed by atoms with Crippen molar-refractivity contribution < 1.29 is 13.2 Å². The van der Waals surface area contributed by atoms with Gasteiger partial charge in [-0.25, -0.2) is 23.1 Å². The van der Waals surface area contributed by atoms with Crippen LogP contribution in [0.3, 0.4) is 0 Å². The maximum Gasteiger partial charge on any atom is 0.266 e. The van der Waals surface area contributed by atoms with Gasteiger partial charge in [0.05, 0.1) is 23.3 Å². The molecule has 0 aliphatic heterocycles. The molecule has 0 aliphatic rings. The molecular weight excluding hydrogens is 365 g/mol. The molecule has 3 rings (SSSR count). The highest BCUT2D eigenvalue weighted by atomic mass is 35.5. The molecule has 0 radical (unpaired) electrons. The van der Waals surface area contributed by atoms with E-state index < -0.39 is 23.8 Å². The average Bonchev–Trinajstić information content (AvgIpc) is 2.59. The molecule has 2 heterocycles. The summed E-state index contributed by atoms with van der Waals surface area (Å²) in [5, 5.41) is 0.925. The van der Waals surface area contributed by atoms with Crippen molar-refractivity contribution in [1.82, 2.24) is 14.5 Å². The molecule has 0 bridgehead atoms. The molecule has 0 spiro atoms. The second-order valence-electron chi connectivity index (χ2n) is 5.92. The second kappa shape index (κ2) is 7.07. The minimum absolute atomic E-state index is 0.0868. The molecule has 0 fully saturated rings. The highest BCUT2D eigenvalue weighted by Gasteiger charge is 2.19. The van der Waals surface area contributed by atoms with Gasteiger partial charge in [-0.05, 0) is 19.9 Å². The fraction of sp³-hybridized carbons (Fsp3) is 0.278. The van der Waals surface area contributed by atoms with Crippen molar-refractivity contribution >= 4 is 22.5 Å². The van der Waals surface area contributed by atoms with E-state index in [4.69, 9.17) is 11.6 Å². The third-order valence-electron chi connectivity index (χ3n) is 4.26. The average molecular weight is 381 g/mol. The first kappa shape index (κ1) is 18.4. The number of halogens is 4. The summed E-state index contributed by atoms with van der Waals surface area (Å²) >= 11 is 5.98. The fourth-order valence-corrected chi connectivity index (χ4v) is 2.90. The molecule has 1 atom stereocenters. The van der Waals surface area contributed by atoms with Gasteiger partial charge in [-0.1, -0.05) is 29.8 Å². The molecular formula is C18H16ClF3N4. The number of aromatic nitrogens is 3. The molecule has 136 valence electrons. The van der Waals surface area contributed by atoms with E-state index >= 15 is 0 Å². The van der Waals surface area contributed by atoms with E-state index in [1.807, 2.05) is 11.6 Å². The van der Waals surface area contributed by atoms with Crippen LogP contribution in [-0.2, 0) is 7.05 Å². The van der Waals surface area contributed by atoms with Crippen molar-refractivity contribution in [1.29, 1.82) is 0 Å². The van der Waals surface area contributed by atoms with E-state index in [1.165, 1.54) is 12.1 Å². The molecule has 0 amide bonds. The highest BCUT2D eigenvalue weighted by Crippen LogP contribution is 2.28. The molecule has 2 aromatic heterocycles. The number of hydrogen-bond acceptors (Lipinski definition) is 3. The summed E-state index contributed by atoms with van der Waals surface area (Å²) in [4.78, 5) is 13.0. The summed E-state index contributed by atoms with van der Waals surface area (Å²) in [7, 11) is 1.83. The van der Waals surface area contributed by atoms with Gasteiger partial charge >= 0.3 is 0 Å². The van der Waals surface area contributed by atoms with Crippen LogP contribution in [0.2, 0.25) is 5.15 Å². The Kier molecular flexibility index (Phi) is 5.00. The Morgan fingerprint density at radius 3 is 2.62 bits per heavy atom. The molecule has 26 heavy (non-hydrogen) atoms. The molecule has 0 saturated carbocycles. The van der Waals surface area contributed by atoms with E-state index in [-0.39, 0.29) is 10.7 Å². The number of alkyl halides is 2. The van der Waals surface area contributed by atoms with Crippen LogP contribution >= 0.6 is 11.6 Å². The van der Waals surface area contributed by atoms with Crippen LogP contribution in [0.5, 0.6) is 0 Å². The van der Waals surface area contributed by atoms with Gasteiger partial charge in [-0.15, -0.1) is 0 Å². The number of rotatable bonds is 3. The van der Waals surface area contributed by atoms with Crippen LogP contribution in [0.4, 0.5) is 13.2 Å². The Labute approximate surface area is 153 Å². The fourth-order valence-electron chi connectivity index (χ4n) is 2.74. The predicted octanol–water partition coefficient (Wildman–Crippen LogP) is 4.67. The largest absolute Gasteiger partial charge is 0.331 e. The molecule has 0 aliphatic carbocycles. The zero-order valence-corrected chi connectivity index (χ0v) is 15.1. The van der Waals surface area contributed by atoms with Crippen molar-refractivity contribution in [2.24, 2.45) is 12.0 Å². The zero-order chi connectivity index (χ0) is 19.0. The van der Waals surface area contributed by atoms with Gasteiger partial charge in [0.1, 0.15) is 16.8 Å². The van der Waals surface area contributed by atoms with Crippen LogP contribution in [0.15, 0.2) is 35.5 Å². The molecule has 0 unspecified atom stereocenters. The van der Waals surface area contributed by atoms with Gasteiger partial charge in [0, 0.05) is 18.0 Å². The van der Waals surface area contributed by atoms with E-state index in [1.54, 1.807) is 26.1 Å². The summed E-state index contributed by atoms with van der Waals surface area (Å²) in [6, 6.07) is 4.84. The number of aryl methyl sites for hydroxylation is 2. The van der Waals surface area contributed by atoms with Gasteiger partial charge in [-0.3, -0.25) is 4.99 Å². The van der Waals surface area contributed by atoms with Crippen molar-refractivity contribution in [2.45, 2.75) is 26.3 Å². The van der Waals surface area contributed by atoms with Crippen LogP contribution in [0, 0.1) is 12.7 Å². The first-order valence-electron chi connectivity index (χ1n) is 7.88. The Hall–Kier alpha value is -2.41. The molecule has 3 aromatic rings. The van der Waals surface area contributed by atoms with Crippen LogP contribution in [0.1, 0.15) is 36.3 Å². The summed E-state index contributed by atoms with van der Waals surface area (Å²) in [5.74, 6) is -0.268. The first-order valence-corrected chi connectivity index (χ1v) is 8.26. The van der Waals surface area contributed by atoms with E-state index in [0.717, 1.165) is 11.6 Å². The summed E-state index contributed by atoms with van der Waals surface area (Å²) in [6.07, 6.45) is -1.28. The Balaban J connectivity index is 2.21. The smallest absolute Gasteiger partial charge is 0.266 e. The summed E-state index contributed by atoms with van der Waals surface area (Å²) in [5.41, 5.74) is 0.568. The second-order valence-corrected chi connectivity index (χ2v) is 6.31. The van der Waals surface area contributed by atoms with Crippen LogP contribution < -0.4 is 5.49 Å². The van der Waals surface area contributed by atoms with Gasteiger partial charge in [0.25, 0.3) is 6.43 Å². The number of fused-ring (bicyclic) bond motifs is 1. The topological polar surface area (TPSA) is 43.1 Å². The number of pyridine rings is 1. The molecule has 1 aromatic carbocycles. The maximum atomic E-state index is 14.4. The maximum absolute atomic E-state index is 14.4. The molecule has 0 saturated heterocycles. The minimum Gasteiger partial charge on any atom is -0.331 e. The lowest BCUT2D eigenvalue weighted by atomic mass is 10.0. The predicted molar refractivity (Wildman–Crippen MR) is 93.6 cm³/mol. The van der Waals surface area contributed by atoms with Crippen LogP contribution in [0.25, 0.3) is 10.9 Å². The van der Waals surface area contributed by atoms with Crippen molar-refractivity contribution in [2.75, 3.05) is 0 Å². The highest BCUT2D eigenvalue weighted by molar-refractivity contribution is 6.30. The standard InChI is InChI=1S/C18H16ClF3N4/c1-9(11-5-4-6-12(16(11)20)17(21)22)24-18-13-7-15(19)23-8-14(13)26(3)10(2)25-18/h4-9,17H,1-3H3/b24-18-/t9-/m1/s1. The SMILES string of the molecule is Cc1n/c(=N\[C@H](C)c2cccc(C(F)F)c2F)c2cc(Cl)ncc2n1C. The van der Waals surface area contributed by atoms with Gasteiger partial charge in [-0.2, -0.15) is 0 Å². The van der Waals surface area contributed by atoms with Crippen molar-refractivity contribution in [3.63, 3.8) is 0 Å². The quantitative estimate of drug-likeness (QED) is 0.620. The summed E-state index contributed by atoms with van der Waals surface area (Å²) in [6.45, 7) is 3.43. The lowest BCUT2D eigenvalue weighted by Gasteiger charge is -2.13. The number of benzene rings is 1. The number of hydrogen-bond donors (Lipinski definition) is 0. The normalized spacial score (nSPS) is 13.6. The molecule has 4 nitrogen and oxygen atoms in total. The Bertz CT molecular complexity index is 1050. The zero-order valence-electron chi connectivity index (χ0n) is 14.3. The minimum atomic E-state index is -2.89. The third kappa shape index (κ3) is 3.31. The van der Waals surface area contributed by atoms with Crippen molar-refractivity contribution in [3.8, 4) is 0 Å². The van der Waals surface area contributed by atoms with E-state index in [9.17, 15) is 13.2 Å². The van der Waals surface area contributed by atoms with Gasteiger partial charge in [0.2, 0.25) is 0 Å². The van der Waals surface area contributed by atoms with Crippen LogP contribution in [-0.4, -0.2) is 14.5 Å². The lowest BCUT2D eigenvalue weighted by Crippen LogP contribution is -2.18. The number of nitrogens with zero attached hydrogens (tertiary/aromatic N) is 4. The summed E-state index contributed by atoms with van der Waals surface area (Å²) < 4.78 is 42.1. The Morgan fingerprint density at radius 1 is 1.23 bits per heavy atom. The van der Waals surface area contributed by atoms with Gasteiger partial charge < -0.3 is 4.57 Å².